The second-order valence-electron chi connectivity index (χ2n) is 6.29. The van der Waals surface area contributed by atoms with E-state index < -0.39 is 16.6 Å². The van der Waals surface area contributed by atoms with E-state index in [1.165, 1.54) is 12.1 Å². The summed E-state index contributed by atoms with van der Waals surface area (Å²) in [4.78, 5) is 12.7. The van der Waals surface area contributed by atoms with Crippen molar-refractivity contribution in [3.63, 3.8) is 0 Å². The van der Waals surface area contributed by atoms with E-state index in [4.69, 9.17) is 17.3 Å². The molecule has 1 amide bonds. The van der Waals surface area contributed by atoms with Crippen molar-refractivity contribution >= 4 is 39.7 Å². The van der Waals surface area contributed by atoms with Crippen molar-refractivity contribution < 1.29 is 13.4 Å². The van der Waals surface area contributed by atoms with Crippen molar-refractivity contribution in [2.24, 2.45) is 0 Å². The van der Waals surface area contributed by atoms with E-state index in [0.29, 0.717) is 26.9 Å². The summed E-state index contributed by atoms with van der Waals surface area (Å²) in [5.74, 6) is -0.700. The van der Waals surface area contributed by atoms with Crippen LogP contribution >= 0.6 is 11.6 Å². The highest BCUT2D eigenvalue weighted by Crippen LogP contribution is 2.20. The molecule has 0 aliphatic rings. The summed E-state index contributed by atoms with van der Waals surface area (Å²) in [5.41, 5.74) is 7.73. The van der Waals surface area contributed by atoms with Gasteiger partial charge in [0.15, 0.2) is 4.90 Å². The number of halogens is 2. The molecule has 0 spiro atoms. The zero-order valence-electron chi connectivity index (χ0n) is 14.9. The van der Waals surface area contributed by atoms with Crippen LogP contribution in [-0.4, -0.2) is 5.91 Å². The molecule has 7 heteroatoms. The summed E-state index contributed by atoms with van der Waals surface area (Å²) in [6.07, 6.45) is 0.159. The molecule has 0 bridgehead atoms. The molecule has 0 aromatic heterocycles. The number of hydrogen-bond acceptors (Lipinski definition) is 3. The van der Waals surface area contributed by atoms with Crippen molar-refractivity contribution in [3.8, 4) is 0 Å². The van der Waals surface area contributed by atoms with Crippen molar-refractivity contribution in [2.75, 3.05) is 11.1 Å². The van der Waals surface area contributed by atoms with Crippen LogP contribution in [-0.2, 0) is 32.0 Å². The molecule has 3 N–H and O–H groups in total. The lowest BCUT2D eigenvalue weighted by atomic mass is 10.1. The molecule has 1 atom stereocenters. The highest BCUT2D eigenvalue weighted by molar-refractivity contribution is 7.84. The number of rotatable bonds is 6. The summed E-state index contributed by atoms with van der Waals surface area (Å²) in [6.45, 7) is 0. The topological polar surface area (TPSA) is 72.2 Å². The SMILES string of the molecule is Nc1ccc(CC(=O)Nc2ccc(C[SH+](=O)c3ccc(Cl)cc3)c(F)c2)cc1. The van der Waals surface area contributed by atoms with E-state index in [1.807, 2.05) is 0 Å². The molecule has 144 valence electrons. The second kappa shape index (κ2) is 8.99. The average Bonchev–Trinajstić information content (AvgIpc) is 2.66. The normalized spacial score (nSPS) is 11.8. The predicted octanol–water partition coefficient (Wildman–Crippen LogP) is 4.50. The summed E-state index contributed by atoms with van der Waals surface area (Å²) in [5, 5.41) is 3.22. The number of hydrogen-bond donors (Lipinski definition) is 2. The van der Waals surface area contributed by atoms with Crippen molar-refractivity contribution in [1.29, 1.82) is 0 Å². The van der Waals surface area contributed by atoms with E-state index in [-0.39, 0.29) is 18.1 Å². The molecule has 0 fully saturated rings. The van der Waals surface area contributed by atoms with Crippen LogP contribution < -0.4 is 11.1 Å². The maximum Gasteiger partial charge on any atom is 0.228 e. The zero-order valence-corrected chi connectivity index (χ0v) is 16.5. The number of thiol groups is 1. The van der Waals surface area contributed by atoms with Gasteiger partial charge in [0.2, 0.25) is 5.91 Å². The lowest BCUT2D eigenvalue weighted by Gasteiger charge is -2.07. The van der Waals surface area contributed by atoms with Crippen LogP contribution in [0.2, 0.25) is 5.02 Å². The van der Waals surface area contributed by atoms with Gasteiger partial charge in [-0.1, -0.05) is 23.7 Å². The Hall–Kier alpha value is -2.70. The first-order valence-electron chi connectivity index (χ1n) is 8.53. The molecule has 3 rings (SSSR count). The molecule has 0 heterocycles. The molecule has 0 saturated carbocycles. The summed E-state index contributed by atoms with van der Waals surface area (Å²) in [7, 11) is -1.79. The Labute approximate surface area is 170 Å². The van der Waals surface area contributed by atoms with E-state index in [9.17, 15) is 13.4 Å². The fourth-order valence-electron chi connectivity index (χ4n) is 2.63. The Morgan fingerprint density at radius 3 is 2.36 bits per heavy atom. The molecule has 1 unspecified atom stereocenters. The summed E-state index contributed by atoms with van der Waals surface area (Å²) >= 11 is 5.82. The zero-order chi connectivity index (χ0) is 20.1. The standard InChI is InChI=1S/C21H18ClFN2O2S/c22-16-4-9-19(10-5-16)28(27)13-15-3-8-18(12-20(15)23)25-21(26)11-14-1-6-17(24)7-2-14/h1-10,12H,11,13,24H2,(H,25,26)/p+1. The minimum absolute atomic E-state index is 0.0719. The third-order valence-electron chi connectivity index (χ3n) is 4.11. The minimum Gasteiger partial charge on any atom is -0.399 e. The second-order valence-corrected chi connectivity index (χ2v) is 8.31. The molecule has 0 saturated heterocycles. The molecule has 3 aromatic carbocycles. The average molecular weight is 418 g/mol. The van der Waals surface area contributed by atoms with Crippen molar-refractivity contribution in [3.05, 3.63) is 88.7 Å². The molecular weight excluding hydrogens is 399 g/mol. The van der Waals surface area contributed by atoms with Crippen LogP contribution in [0.3, 0.4) is 0 Å². The fraction of sp³-hybridized carbons (Fsp3) is 0.0952. The van der Waals surface area contributed by atoms with Gasteiger partial charge in [-0.15, -0.1) is 4.21 Å². The molecular formula is C21H19ClFN2O2S+. The van der Waals surface area contributed by atoms with Crippen LogP contribution in [0, 0.1) is 5.82 Å². The Bertz CT molecular complexity index is 1010. The van der Waals surface area contributed by atoms with Gasteiger partial charge < -0.3 is 11.1 Å². The third kappa shape index (κ3) is 5.41. The molecule has 0 radical (unpaired) electrons. The predicted molar refractivity (Wildman–Crippen MR) is 112 cm³/mol. The van der Waals surface area contributed by atoms with Crippen LogP contribution in [0.5, 0.6) is 0 Å². The van der Waals surface area contributed by atoms with Gasteiger partial charge >= 0.3 is 0 Å². The van der Waals surface area contributed by atoms with E-state index >= 15 is 0 Å². The molecule has 4 nitrogen and oxygen atoms in total. The van der Waals surface area contributed by atoms with Crippen LogP contribution in [0.25, 0.3) is 0 Å². The number of anilines is 2. The first-order valence-corrected chi connectivity index (χ1v) is 10.4. The number of carbonyl (C=O) groups excluding carboxylic acids is 1. The first-order chi connectivity index (χ1) is 13.4. The van der Waals surface area contributed by atoms with Crippen molar-refractivity contribution in [2.45, 2.75) is 17.1 Å². The van der Waals surface area contributed by atoms with Crippen molar-refractivity contribution in [1.82, 2.24) is 0 Å². The Morgan fingerprint density at radius 1 is 1.04 bits per heavy atom. The van der Waals surface area contributed by atoms with Gasteiger partial charge in [0.25, 0.3) is 0 Å². The van der Waals surface area contributed by atoms with E-state index in [1.54, 1.807) is 54.6 Å². The maximum absolute atomic E-state index is 14.4. The quantitative estimate of drug-likeness (QED) is 0.352. The smallest absolute Gasteiger partial charge is 0.228 e. The fourth-order valence-corrected chi connectivity index (χ4v) is 3.99. The number of carbonyl (C=O) groups is 1. The highest BCUT2D eigenvalue weighted by Gasteiger charge is 2.15. The number of nitrogens with one attached hydrogen (secondary N) is 1. The monoisotopic (exact) mass is 417 g/mol. The highest BCUT2D eigenvalue weighted by atomic mass is 35.5. The van der Waals surface area contributed by atoms with Crippen LogP contribution in [0.4, 0.5) is 15.8 Å². The van der Waals surface area contributed by atoms with Crippen LogP contribution in [0.15, 0.2) is 71.6 Å². The summed E-state index contributed by atoms with van der Waals surface area (Å²) < 4.78 is 26.8. The number of nitrogens with two attached hydrogens (primary N) is 1. The van der Waals surface area contributed by atoms with Crippen LogP contribution in [0.1, 0.15) is 11.1 Å². The summed E-state index contributed by atoms with van der Waals surface area (Å²) in [6, 6.07) is 18.0. The van der Waals surface area contributed by atoms with Gasteiger partial charge in [0.1, 0.15) is 22.4 Å². The van der Waals surface area contributed by atoms with Gasteiger partial charge in [-0.05, 0) is 60.2 Å². The molecule has 0 aliphatic carbocycles. The Kier molecular flexibility index (Phi) is 6.44. The maximum atomic E-state index is 14.4. The number of benzene rings is 3. The first kappa shape index (κ1) is 20.0. The lowest BCUT2D eigenvalue weighted by Crippen LogP contribution is -2.14. The van der Waals surface area contributed by atoms with Gasteiger partial charge in [-0.3, -0.25) is 4.79 Å². The minimum atomic E-state index is -1.79. The largest absolute Gasteiger partial charge is 0.399 e. The Morgan fingerprint density at radius 2 is 1.71 bits per heavy atom. The van der Waals surface area contributed by atoms with E-state index in [2.05, 4.69) is 5.32 Å². The molecule has 3 aromatic rings. The molecule has 0 aliphatic heterocycles. The lowest BCUT2D eigenvalue weighted by molar-refractivity contribution is -0.115. The third-order valence-corrected chi connectivity index (χ3v) is 5.86. The van der Waals surface area contributed by atoms with Gasteiger partial charge in [0, 0.05) is 22.0 Å². The van der Waals surface area contributed by atoms with Gasteiger partial charge in [-0.2, -0.15) is 0 Å². The molecule has 28 heavy (non-hydrogen) atoms. The van der Waals surface area contributed by atoms with E-state index in [0.717, 1.165) is 5.56 Å². The Balaban J connectivity index is 1.63. The van der Waals surface area contributed by atoms with Gasteiger partial charge in [-0.25, -0.2) is 4.39 Å². The number of nitrogen functional groups attached to an aromatic ring is 1. The number of amides is 1. The van der Waals surface area contributed by atoms with Gasteiger partial charge in [0.05, 0.1) is 6.42 Å².